The molecule has 0 saturated carbocycles. The molecule has 5 nitrogen and oxygen atoms in total. The van der Waals surface area contributed by atoms with Gasteiger partial charge in [0.2, 0.25) is 0 Å². The molecule has 0 aliphatic rings. The zero-order chi connectivity index (χ0) is 17.6. The number of hydrogen-bond donors (Lipinski definition) is 1. The van der Waals surface area contributed by atoms with Gasteiger partial charge in [-0.05, 0) is 36.4 Å². The second-order valence-electron chi connectivity index (χ2n) is 5.40. The average molecular weight is 357 g/mol. The van der Waals surface area contributed by atoms with Crippen LogP contribution in [0.2, 0.25) is 5.02 Å². The summed E-state index contributed by atoms with van der Waals surface area (Å²) in [6, 6.07) is 16.3. The van der Waals surface area contributed by atoms with E-state index in [0.717, 1.165) is 11.3 Å². The molecule has 0 aliphatic carbocycles. The Morgan fingerprint density at radius 3 is 2.72 bits per heavy atom. The largest absolute Gasteiger partial charge is 0.496 e. The number of carbonyl (C=O) groups excluding carboxylic acids is 1. The van der Waals surface area contributed by atoms with Gasteiger partial charge in [0.25, 0.3) is 5.91 Å². The molecule has 1 heterocycles. The molecule has 25 heavy (non-hydrogen) atoms. The lowest BCUT2D eigenvalue weighted by molar-refractivity contribution is 0.0951. The van der Waals surface area contributed by atoms with Crippen LogP contribution >= 0.6 is 11.6 Å². The van der Waals surface area contributed by atoms with Crippen molar-refractivity contribution >= 4 is 17.5 Å². The van der Waals surface area contributed by atoms with Gasteiger partial charge in [-0.1, -0.05) is 28.9 Å². The number of nitrogens with zero attached hydrogens (tertiary/aromatic N) is 1. The fourth-order valence-corrected chi connectivity index (χ4v) is 2.54. The number of amides is 1. The van der Waals surface area contributed by atoms with Gasteiger partial charge in [-0.15, -0.1) is 0 Å². The van der Waals surface area contributed by atoms with Crippen LogP contribution in [0.4, 0.5) is 0 Å². The highest BCUT2D eigenvalue weighted by molar-refractivity contribution is 6.30. The Balaban J connectivity index is 1.57. The van der Waals surface area contributed by atoms with E-state index in [9.17, 15) is 4.79 Å². The number of carbonyl (C=O) groups is 1. The Bertz CT molecular complexity index is 859. The van der Waals surface area contributed by atoms with Crippen LogP contribution in [0, 0.1) is 0 Å². The van der Waals surface area contributed by atoms with Crippen LogP contribution in [0.5, 0.6) is 5.75 Å². The summed E-state index contributed by atoms with van der Waals surface area (Å²) < 4.78 is 10.5. The molecule has 3 aromatic rings. The van der Waals surface area contributed by atoms with Crippen molar-refractivity contribution in [3.8, 4) is 17.1 Å². The van der Waals surface area contributed by atoms with Crippen molar-refractivity contribution in [2.24, 2.45) is 0 Å². The number of rotatable bonds is 6. The maximum Gasteiger partial charge on any atom is 0.255 e. The lowest BCUT2D eigenvalue weighted by Crippen LogP contribution is -2.26. The van der Waals surface area contributed by atoms with Crippen molar-refractivity contribution in [2.75, 3.05) is 13.7 Å². The number of ether oxygens (including phenoxy) is 1. The molecule has 0 unspecified atom stereocenters. The fraction of sp³-hybridized carbons (Fsp3) is 0.158. The highest BCUT2D eigenvalue weighted by atomic mass is 35.5. The third-order valence-electron chi connectivity index (χ3n) is 3.71. The van der Waals surface area contributed by atoms with Gasteiger partial charge in [-0.2, -0.15) is 0 Å². The van der Waals surface area contributed by atoms with E-state index < -0.39 is 0 Å². The first-order valence-electron chi connectivity index (χ1n) is 7.80. The maximum absolute atomic E-state index is 12.2. The summed E-state index contributed by atoms with van der Waals surface area (Å²) in [5.41, 5.74) is 2.18. The first-order valence-corrected chi connectivity index (χ1v) is 8.18. The van der Waals surface area contributed by atoms with Gasteiger partial charge in [0.1, 0.15) is 5.75 Å². The quantitative estimate of drug-likeness (QED) is 0.725. The Morgan fingerprint density at radius 2 is 1.96 bits per heavy atom. The summed E-state index contributed by atoms with van der Waals surface area (Å²) in [6.07, 6.45) is 0.567. The van der Waals surface area contributed by atoms with E-state index >= 15 is 0 Å². The minimum absolute atomic E-state index is 0.182. The van der Waals surface area contributed by atoms with Crippen LogP contribution in [-0.2, 0) is 6.42 Å². The highest BCUT2D eigenvalue weighted by Gasteiger charge is 2.11. The molecule has 1 N–H and O–H groups in total. The molecule has 1 amide bonds. The first-order chi connectivity index (χ1) is 12.2. The molecule has 0 bridgehead atoms. The molecular weight excluding hydrogens is 340 g/mol. The second-order valence-corrected chi connectivity index (χ2v) is 5.83. The summed E-state index contributed by atoms with van der Waals surface area (Å²) in [6.45, 7) is 0.448. The van der Waals surface area contributed by atoms with Crippen molar-refractivity contribution in [1.29, 1.82) is 0 Å². The van der Waals surface area contributed by atoms with Crippen molar-refractivity contribution < 1.29 is 14.1 Å². The van der Waals surface area contributed by atoms with Crippen molar-refractivity contribution in [3.63, 3.8) is 0 Å². The van der Waals surface area contributed by atoms with Gasteiger partial charge in [-0.3, -0.25) is 4.79 Å². The highest BCUT2D eigenvalue weighted by Crippen LogP contribution is 2.22. The zero-order valence-corrected chi connectivity index (χ0v) is 14.4. The van der Waals surface area contributed by atoms with E-state index in [1.807, 2.05) is 24.3 Å². The van der Waals surface area contributed by atoms with E-state index in [1.165, 1.54) is 0 Å². The van der Waals surface area contributed by atoms with Gasteiger partial charge >= 0.3 is 0 Å². The number of methoxy groups -OCH3 is 1. The molecule has 1 aromatic heterocycles. The molecule has 0 radical (unpaired) electrons. The Morgan fingerprint density at radius 1 is 1.20 bits per heavy atom. The minimum atomic E-state index is -0.182. The molecule has 128 valence electrons. The van der Waals surface area contributed by atoms with Crippen molar-refractivity contribution in [3.05, 3.63) is 70.9 Å². The van der Waals surface area contributed by atoms with Gasteiger partial charge in [0.05, 0.1) is 18.4 Å². The third-order valence-corrected chi connectivity index (χ3v) is 3.96. The summed E-state index contributed by atoms with van der Waals surface area (Å²) in [7, 11) is 1.54. The topological polar surface area (TPSA) is 64.4 Å². The Hall–Kier alpha value is -2.79. The van der Waals surface area contributed by atoms with Crippen LogP contribution < -0.4 is 10.1 Å². The van der Waals surface area contributed by atoms with Crippen LogP contribution in [0.1, 0.15) is 16.1 Å². The summed E-state index contributed by atoms with van der Waals surface area (Å²) in [4.78, 5) is 12.2. The first kappa shape index (κ1) is 17.0. The van der Waals surface area contributed by atoms with E-state index in [2.05, 4.69) is 10.5 Å². The van der Waals surface area contributed by atoms with Crippen LogP contribution in [0.3, 0.4) is 0 Å². The van der Waals surface area contributed by atoms with Gasteiger partial charge in [-0.25, -0.2) is 0 Å². The molecule has 0 fully saturated rings. The molecule has 0 aliphatic heterocycles. The van der Waals surface area contributed by atoms with Crippen molar-refractivity contribution in [2.45, 2.75) is 6.42 Å². The van der Waals surface area contributed by atoms with E-state index in [1.54, 1.807) is 37.4 Å². The predicted molar refractivity (Wildman–Crippen MR) is 96.0 cm³/mol. The average Bonchev–Trinajstić information content (AvgIpc) is 3.11. The van der Waals surface area contributed by atoms with Gasteiger partial charge in [0.15, 0.2) is 5.76 Å². The lowest BCUT2D eigenvalue weighted by Gasteiger charge is -2.08. The molecule has 0 atom stereocenters. The summed E-state index contributed by atoms with van der Waals surface area (Å²) >= 11 is 5.88. The predicted octanol–water partition coefficient (Wildman–Crippen LogP) is 3.98. The maximum atomic E-state index is 12.2. The summed E-state index contributed by atoms with van der Waals surface area (Å²) in [5.74, 6) is 1.04. The number of halogens is 1. The zero-order valence-electron chi connectivity index (χ0n) is 13.7. The van der Waals surface area contributed by atoms with Gasteiger partial charge < -0.3 is 14.6 Å². The Labute approximate surface area is 150 Å². The van der Waals surface area contributed by atoms with Crippen LogP contribution in [0.15, 0.2) is 59.1 Å². The van der Waals surface area contributed by atoms with Crippen molar-refractivity contribution in [1.82, 2.24) is 10.5 Å². The molecule has 2 aromatic carbocycles. The van der Waals surface area contributed by atoms with Gasteiger partial charge in [0, 0.05) is 29.6 Å². The molecule has 6 heteroatoms. The number of hydrogen-bond acceptors (Lipinski definition) is 4. The van der Waals surface area contributed by atoms with Crippen LogP contribution in [-0.4, -0.2) is 24.7 Å². The molecule has 0 spiro atoms. The summed E-state index contributed by atoms with van der Waals surface area (Å²) in [5, 5.41) is 7.56. The number of aromatic nitrogens is 1. The number of para-hydroxylation sites is 1. The minimum Gasteiger partial charge on any atom is -0.496 e. The standard InChI is InChI=1S/C19H17ClN2O3/c1-24-17-5-3-2-4-16(17)19(23)21-11-10-15-12-18(25-22-15)13-6-8-14(20)9-7-13/h2-9,12H,10-11H2,1H3,(H,21,23). The number of nitrogens with one attached hydrogen (secondary N) is 1. The molecule has 3 rings (SSSR count). The third kappa shape index (κ3) is 4.19. The van der Waals surface area contributed by atoms with E-state index in [0.29, 0.717) is 35.1 Å². The molecule has 0 saturated heterocycles. The second kappa shape index (κ2) is 7.85. The fourth-order valence-electron chi connectivity index (χ4n) is 2.41. The van der Waals surface area contributed by atoms with E-state index in [4.69, 9.17) is 20.9 Å². The SMILES string of the molecule is COc1ccccc1C(=O)NCCc1cc(-c2ccc(Cl)cc2)on1. The van der Waals surface area contributed by atoms with Crippen LogP contribution in [0.25, 0.3) is 11.3 Å². The number of benzene rings is 2. The normalized spacial score (nSPS) is 10.5. The lowest BCUT2D eigenvalue weighted by atomic mass is 10.1. The van der Waals surface area contributed by atoms with E-state index in [-0.39, 0.29) is 5.91 Å². The Kier molecular flexibility index (Phi) is 5.36. The monoisotopic (exact) mass is 356 g/mol. The molecular formula is C19H17ClN2O3. The smallest absolute Gasteiger partial charge is 0.255 e.